The molecule has 0 aliphatic rings. The summed E-state index contributed by atoms with van der Waals surface area (Å²) in [5, 5.41) is 0. The van der Waals surface area contributed by atoms with Gasteiger partial charge in [-0.05, 0) is 23.8 Å². The first-order chi connectivity index (χ1) is 7.88. The van der Waals surface area contributed by atoms with E-state index in [9.17, 15) is 13.2 Å². The molecule has 17 heavy (non-hydrogen) atoms. The van der Waals surface area contributed by atoms with Gasteiger partial charge >= 0.3 is 5.97 Å². The van der Waals surface area contributed by atoms with Crippen molar-refractivity contribution in [2.24, 2.45) is 0 Å². The zero-order chi connectivity index (χ0) is 13.1. The average Bonchev–Trinajstić information content (AvgIpc) is 2.27. The summed E-state index contributed by atoms with van der Waals surface area (Å²) in [6.07, 6.45) is 0. The first-order valence-corrected chi connectivity index (χ1v) is 6.85. The molecule has 0 aliphatic carbocycles. The third kappa shape index (κ3) is 3.69. The molecule has 7 heteroatoms. The molecule has 0 N–H and O–H groups in total. The van der Waals surface area contributed by atoms with Gasteiger partial charge in [0, 0.05) is 17.8 Å². The SMILES string of the molecule is COCc1cc(C(=O)OC)cc(S(=O)(=O)Cl)c1. The quantitative estimate of drug-likeness (QED) is 0.617. The fourth-order valence-electron chi connectivity index (χ4n) is 1.29. The van der Waals surface area contributed by atoms with Crippen LogP contribution in [0.4, 0.5) is 0 Å². The Kier molecular flexibility index (Phi) is 4.50. The Balaban J connectivity index is 3.33. The van der Waals surface area contributed by atoms with Crippen LogP contribution < -0.4 is 0 Å². The van der Waals surface area contributed by atoms with Crippen molar-refractivity contribution < 1.29 is 22.7 Å². The lowest BCUT2D eigenvalue weighted by Gasteiger charge is -2.06. The van der Waals surface area contributed by atoms with Crippen LogP contribution in [0.3, 0.4) is 0 Å². The topological polar surface area (TPSA) is 69.7 Å². The van der Waals surface area contributed by atoms with E-state index in [4.69, 9.17) is 15.4 Å². The fraction of sp³-hybridized carbons (Fsp3) is 0.300. The molecule has 0 saturated heterocycles. The molecule has 0 bridgehead atoms. The van der Waals surface area contributed by atoms with Crippen LogP contribution in [0.25, 0.3) is 0 Å². The highest BCUT2D eigenvalue weighted by Gasteiger charge is 2.16. The Morgan fingerprint density at radius 2 is 1.94 bits per heavy atom. The molecule has 0 heterocycles. The first kappa shape index (κ1) is 14.0. The van der Waals surface area contributed by atoms with Gasteiger partial charge in [-0.25, -0.2) is 13.2 Å². The van der Waals surface area contributed by atoms with Gasteiger partial charge in [-0.15, -0.1) is 0 Å². The number of esters is 1. The number of methoxy groups -OCH3 is 2. The van der Waals surface area contributed by atoms with Crippen LogP contribution in [-0.4, -0.2) is 28.6 Å². The minimum atomic E-state index is -3.90. The van der Waals surface area contributed by atoms with Crippen molar-refractivity contribution in [3.8, 4) is 0 Å². The average molecular weight is 279 g/mol. The highest BCUT2D eigenvalue weighted by atomic mass is 35.7. The van der Waals surface area contributed by atoms with E-state index in [0.29, 0.717) is 5.56 Å². The Hall–Kier alpha value is -1.11. The Labute approximate surface area is 104 Å². The highest BCUT2D eigenvalue weighted by molar-refractivity contribution is 8.13. The molecule has 1 rings (SSSR count). The van der Waals surface area contributed by atoms with Gasteiger partial charge in [0.25, 0.3) is 9.05 Å². The molecule has 0 amide bonds. The number of hydrogen-bond donors (Lipinski definition) is 0. The van der Waals surface area contributed by atoms with Crippen LogP contribution >= 0.6 is 10.7 Å². The van der Waals surface area contributed by atoms with Crippen molar-refractivity contribution in [3.63, 3.8) is 0 Å². The standard InChI is InChI=1S/C10H11ClO5S/c1-15-6-7-3-8(10(12)16-2)5-9(4-7)17(11,13)14/h3-5H,6H2,1-2H3. The van der Waals surface area contributed by atoms with Gasteiger partial charge < -0.3 is 9.47 Å². The maximum absolute atomic E-state index is 11.3. The summed E-state index contributed by atoms with van der Waals surface area (Å²) in [7, 11) is 4.00. The summed E-state index contributed by atoms with van der Waals surface area (Å²) in [5.74, 6) is -0.635. The second-order valence-electron chi connectivity index (χ2n) is 3.23. The van der Waals surface area contributed by atoms with Crippen LogP contribution in [0.5, 0.6) is 0 Å². The zero-order valence-corrected chi connectivity index (χ0v) is 10.8. The van der Waals surface area contributed by atoms with Gasteiger partial charge in [-0.3, -0.25) is 0 Å². The van der Waals surface area contributed by atoms with Crippen molar-refractivity contribution >= 4 is 25.7 Å². The van der Waals surface area contributed by atoms with Crippen molar-refractivity contribution in [2.45, 2.75) is 11.5 Å². The van der Waals surface area contributed by atoms with E-state index in [1.54, 1.807) is 0 Å². The molecule has 1 aromatic rings. The van der Waals surface area contributed by atoms with Gasteiger partial charge in [-0.1, -0.05) is 0 Å². The second-order valence-corrected chi connectivity index (χ2v) is 5.79. The number of carbonyl (C=O) groups is 1. The van der Waals surface area contributed by atoms with Crippen molar-refractivity contribution in [1.82, 2.24) is 0 Å². The molecule has 94 valence electrons. The molecule has 0 atom stereocenters. The molecule has 1 aromatic carbocycles. The van der Waals surface area contributed by atoms with E-state index in [1.807, 2.05) is 0 Å². The van der Waals surface area contributed by atoms with Gasteiger partial charge in [0.2, 0.25) is 0 Å². The summed E-state index contributed by atoms with van der Waals surface area (Å²) in [5.41, 5.74) is 0.635. The molecule has 0 unspecified atom stereocenters. The Morgan fingerprint density at radius 1 is 1.29 bits per heavy atom. The van der Waals surface area contributed by atoms with E-state index in [1.165, 1.54) is 26.4 Å². The maximum Gasteiger partial charge on any atom is 0.337 e. The minimum absolute atomic E-state index is 0.112. The molecule has 5 nitrogen and oxygen atoms in total. The fourth-order valence-corrected chi connectivity index (χ4v) is 2.11. The second kappa shape index (κ2) is 5.48. The van der Waals surface area contributed by atoms with E-state index in [2.05, 4.69) is 4.74 Å². The molecule has 0 radical (unpaired) electrons. The van der Waals surface area contributed by atoms with Crippen LogP contribution in [0.2, 0.25) is 0 Å². The molecule has 0 saturated carbocycles. The van der Waals surface area contributed by atoms with Crippen molar-refractivity contribution in [1.29, 1.82) is 0 Å². The number of rotatable bonds is 4. The van der Waals surface area contributed by atoms with E-state index >= 15 is 0 Å². The van der Waals surface area contributed by atoms with E-state index < -0.39 is 15.0 Å². The van der Waals surface area contributed by atoms with Gasteiger partial charge in [0.15, 0.2) is 0 Å². The van der Waals surface area contributed by atoms with Crippen molar-refractivity contribution in [2.75, 3.05) is 14.2 Å². The predicted molar refractivity (Wildman–Crippen MR) is 61.5 cm³/mol. The van der Waals surface area contributed by atoms with Crippen LogP contribution in [0, 0.1) is 0 Å². The predicted octanol–water partition coefficient (Wildman–Crippen LogP) is 1.55. The smallest absolute Gasteiger partial charge is 0.337 e. The van der Waals surface area contributed by atoms with Crippen molar-refractivity contribution in [3.05, 3.63) is 29.3 Å². The summed E-state index contributed by atoms with van der Waals surface area (Å²) in [6, 6.07) is 3.99. The first-order valence-electron chi connectivity index (χ1n) is 4.54. The Morgan fingerprint density at radius 3 is 2.41 bits per heavy atom. The largest absolute Gasteiger partial charge is 0.465 e. The maximum atomic E-state index is 11.3. The number of ether oxygens (including phenoxy) is 2. The highest BCUT2D eigenvalue weighted by Crippen LogP contribution is 2.20. The van der Waals surface area contributed by atoms with Gasteiger partial charge in [0.1, 0.15) is 0 Å². The molecular formula is C10H11ClO5S. The number of hydrogen-bond acceptors (Lipinski definition) is 5. The Bertz CT molecular complexity index is 523. The number of carbonyl (C=O) groups excluding carboxylic acids is 1. The molecule has 0 fully saturated rings. The summed E-state index contributed by atoms with van der Waals surface area (Å²) in [6.45, 7) is 0.171. The third-order valence-electron chi connectivity index (χ3n) is 1.98. The van der Waals surface area contributed by atoms with Gasteiger partial charge in [-0.2, -0.15) is 0 Å². The molecule has 0 aromatic heterocycles. The molecule has 0 aliphatic heterocycles. The lowest BCUT2D eigenvalue weighted by atomic mass is 10.1. The summed E-state index contributed by atoms with van der Waals surface area (Å²) in [4.78, 5) is 11.2. The number of halogens is 1. The van der Waals surface area contributed by atoms with E-state index in [-0.39, 0.29) is 17.1 Å². The monoisotopic (exact) mass is 278 g/mol. The summed E-state index contributed by atoms with van der Waals surface area (Å²) < 4.78 is 31.8. The molecule has 0 spiro atoms. The summed E-state index contributed by atoms with van der Waals surface area (Å²) >= 11 is 0. The lowest BCUT2D eigenvalue weighted by molar-refractivity contribution is 0.0600. The zero-order valence-electron chi connectivity index (χ0n) is 9.27. The van der Waals surface area contributed by atoms with E-state index in [0.717, 1.165) is 6.07 Å². The van der Waals surface area contributed by atoms with Crippen LogP contribution in [0.15, 0.2) is 23.1 Å². The minimum Gasteiger partial charge on any atom is -0.465 e. The molecular weight excluding hydrogens is 268 g/mol. The third-order valence-corrected chi connectivity index (χ3v) is 3.31. The lowest BCUT2D eigenvalue weighted by Crippen LogP contribution is -2.05. The number of benzene rings is 1. The van der Waals surface area contributed by atoms with Gasteiger partial charge in [0.05, 0.1) is 24.2 Å². The normalized spacial score (nSPS) is 11.2. The van der Waals surface area contributed by atoms with Crippen LogP contribution in [-0.2, 0) is 25.1 Å². The van der Waals surface area contributed by atoms with Crippen LogP contribution in [0.1, 0.15) is 15.9 Å².